The Morgan fingerprint density at radius 1 is 0.698 bits per heavy atom. The van der Waals surface area contributed by atoms with Gasteiger partial charge in [-0.3, -0.25) is 4.79 Å². The summed E-state index contributed by atoms with van der Waals surface area (Å²) in [5, 5.41) is 79.2. The van der Waals surface area contributed by atoms with Crippen LogP contribution >= 0.6 is 0 Å². The maximum Gasteiger partial charge on any atom is 0.303 e. The summed E-state index contributed by atoms with van der Waals surface area (Å²) < 4.78 is 22.7. The topological polar surface area (TPSA) is 216 Å². The molecular formula is C30H54O13. The van der Waals surface area contributed by atoms with E-state index < -0.39 is 80.6 Å². The zero-order chi connectivity index (χ0) is 31.8. The minimum Gasteiger partial charge on any atom is -0.481 e. The highest BCUT2D eigenvalue weighted by atomic mass is 16.8. The highest BCUT2D eigenvalue weighted by Crippen LogP contribution is 2.30. The van der Waals surface area contributed by atoms with E-state index in [0.29, 0.717) is 6.42 Å². The summed E-state index contributed by atoms with van der Waals surface area (Å²) in [6.07, 6.45) is 1.48. The molecule has 2 saturated heterocycles. The van der Waals surface area contributed by atoms with Gasteiger partial charge in [-0.1, -0.05) is 50.7 Å². The van der Waals surface area contributed by atoms with Crippen molar-refractivity contribution in [3.05, 3.63) is 12.2 Å². The fourth-order valence-electron chi connectivity index (χ4n) is 5.29. The number of carboxylic acids is 1. The monoisotopic (exact) mass is 622 g/mol. The number of carbonyl (C=O) groups is 1. The van der Waals surface area contributed by atoms with E-state index in [9.17, 15) is 40.5 Å². The van der Waals surface area contributed by atoms with Gasteiger partial charge in [-0.15, -0.1) is 0 Å². The van der Waals surface area contributed by atoms with Gasteiger partial charge in [-0.2, -0.15) is 0 Å². The zero-order valence-corrected chi connectivity index (χ0v) is 25.2. The molecule has 0 aromatic heterocycles. The second kappa shape index (κ2) is 20.7. The van der Waals surface area contributed by atoms with Gasteiger partial charge in [-0.25, -0.2) is 0 Å². The van der Waals surface area contributed by atoms with Crippen molar-refractivity contribution in [3.63, 3.8) is 0 Å². The lowest BCUT2D eigenvalue weighted by molar-refractivity contribution is -0.371. The van der Waals surface area contributed by atoms with Crippen molar-refractivity contribution in [2.45, 2.75) is 158 Å². The van der Waals surface area contributed by atoms with Crippen LogP contribution in [0.2, 0.25) is 0 Å². The Morgan fingerprint density at radius 2 is 1.21 bits per heavy atom. The van der Waals surface area contributed by atoms with E-state index >= 15 is 0 Å². The van der Waals surface area contributed by atoms with Crippen molar-refractivity contribution in [1.82, 2.24) is 0 Å². The molecule has 11 atom stereocenters. The molecule has 0 aliphatic carbocycles. The molecule has 13 heteroatoms. The van der Waals surface area contributed by atoms with Gasteiger partial charge in [0.15, 0.2) is 12.6 Å². The number of aliphatic hydroxyl groups is 7. The third-order valence-corrected chi connectivity index (χ3v) is 7.99. The molecule has 13 nitrogen and oxygen atoms in total. The first-order chi connectivity index (χ1) is 20.6. The van der Waals surface area contributed by atoms with Gasteiger partial charge >= 0.3 is 5.97 Å². The molecule has 0 aromatic carbocycles. The number of carboxylic acid groups (broad SMARTS) is 1. The first-order valence-electron chi connectivity index (χ1n) is 15.7. The largest absolute Gasteiger partial charge is 0.481 e. The molecule has 2 aliphatic heterocycles. The molecule has 0 amide bonds. The van der Waals surface area contributed by atoms with Crippen LogP contribution in [0.5, 0.6) is 0 Å². The Kier molecular flexibility index (Phi) is 18.3. The summed E-state index contributed by atoms with van der Waals surface area (Å²) in [4.78, 5) is 10.5. The third-order valence-electron chi connectivity index (χ3n) is 7.99. The lowest BCUT2D eigenvalue weighted by Crippen LogP contribution is -2.64. The first kappa shape index (κ1) is 38.0. The fraction of sp³-hybridized carbons (Fsp3) is 0.900. The summed E-state index contributed by atoms with van der Waals surface area (Å²) in [6.45, 7) is 0.590. The number of aliphatic carboxylic acids is 1. The van der Waals surface area contributed by atoms with Gasteiger partial charge in [0, 0.05) is 6.42 Å². The van der Waals surface area contributed by atoms with Crippen LogP contribution in [0.1, 0.15) is 90.4 Å². The molecule has 252 valence electrons. The van der Waals surface area contributed by atoms with Crippen molar-refractivity contribution >= 4 is 5.97 Å². The summed E-state index contributed by atoms with van der Waals surface area (Å²) in [5.41, 5.74) is 0. The van der Waals surface area contributed by atoms with Gasteiger partial charge < -0.3 is 59.8 Å². The van der Waals surface area contributed by atoms with Gasteiger partial charge in [0.25, 0.3) is 0 Å². The number of rotatable bonds is 21. The highest BCUT2D eigenvalue weighted by Gasteiger charge is 2.51. The molecular weight excluding hydrogens is 568 g/mol. The van der Waals surface area contributed by atoms with E-state index in [-0.39, 0.29) is 12.5 Å². The molecule has 0 unspecified atom stereocenters. The lowest BCUT2D eigenvalue weighted by atomic mass is 9.97. The van der Waals surface area contributed by atoms with Crippen LogP contribution in [-0.4, -0.2) is 128 Å². The van der Waals surface area contributed by atoms with Crippen LogP contribution in [0.3, 0.4) is 0 Å². The number of hydrogen-bond donors (Lipinski definition) is 8. The van der Waals surface area contributed by atoms with Crippen LogP contribution in [0.25, 0.3) is 0 Å². The molecule has 2 heterocycles. The van der Waals surface area contributed by atoms with E-state index in [1.54, 1.807) is 0 Å². The molecule has 2 rings (SSSR count). The van der Waals surface area contributed by atoms with Crippen LogP contribution in [0.4, 0.5) is 0 Å². The number of ether oxygens (including phenoxy) is 4. The molecule has 0 aromatic rings. The smallest absolute Gasteiger partial charge is 0.303 e. The molecule has 0 saturated carbocycles. The normalized spacial score (nSPS) is 34.0. The summed E-state index contributed by atoms with van der Waals surface area (Å²) >= 11 is 0. The van der Waals surface area contributed by atoms with E-state index in [0.717, 1.165) is 70.6 Å². The Morgan fingerprint density at radius 3 is 1.79 bits per heavy atom. The minimum atomic E-state index is -1.72. The van der Waals surface area contributed by atoms with Gasteiger partial charge in [0.1, 0.15) is 48.8 Å². The third kappa shape index (κ3) is 13.0. The molecule has 43 heavy (non-hydrogen) atoms. The number of unbranched alkanes of at least 4 members (excludes halogenated alkanes) is 9. The molecule has 2 fully saturated rings. The first-order valence-corrected chi connectivity index (χ1v) is 15.7. The fourth-order valence-corrected chi connectivity index (χ4v) is 5.29. The standard InChI is InChI=1S/C30H54O13/c1-19(15-13-11-9-7-5-3-2-4-6-8-10-12-14-16-22(33)34)40-30-28(26(38)24(36)21(18-32)42-30)43-29-27(39)25(37)23(35)20(17-31)41-29/h2-3,19-21,23-32,35-39H,4-18H2,1H3,(H,33,34)/b3-2-/t19-,20+,21+,23-,24-,25-,26-,27+,28+,29-,30+/m0/s1. The van der Waals surface area contributed by atoms with Crippen LogP contribution in [-0.2, 0) is 23.7 Å². The second-order valence-corrected chi connectivity index (χ2v) is 11.6. The summed E-state index contributed by atoms with van der Waals surface area (Å²) in [7, 11) is 0. The Labute approximate surface area is 254 Å². The van der Waals surface area contributed by atoms with Crippen molar-refractivity contribution < 1.29 is 64.6 Å². The molecule has 0 spiro atoms. The van der Waals surface area contributed by atoms with E-state index in [1.807, 2.05) is 6.92 Å². The van der Waals surface area contributed by atoms with E-state index in [1.165, 1.54) is 0 Å². The quantitative estimate of drug-likeness (QED) is 0.0655. The van der Waals surface area contributed by atoms with Gasteiger partial charge in [-0.05, 0) is 45.4 Å². The van der Waals surface area contributed by atoms with Crippen LogP contribution in [0, 0.1) is 0 Å². The number of aliphatic hydroxyl groups excluding tert-OH is 7. The molecule has 0 bridgehead atoms. The van der Waals surface area contributed by atoms with Crippen molar-refractivity contribution in [2.75, 3.05) is 13.2 Å². The predicted molar refractivity (Wildman–Crippen MR) is 154 cm³/mol. The minimum absolute atomic E-state index is 0.255. The number of hydrogen-bond acceptors (Lipinski definition) is 12. The Balaban J connectivity index is 1.71. The van der Waals surface area contributed by atoms with Crippen LogP contribution < -0.4 is 0 Å². The summed E-state index contributed by atoms with van der Waals surface area (Å²) in [5.74, 6) is -0.727. The maximum absolute atomic E-state index is 10.7. The van der Waals surface area contributed by atoms with Gasteiger partial charge in [0.2, 0.25) is 0 Å². The maximum atomic E-state index is 10.7. The van der Waals surface area contributed by atoms with Crippen molar-refractivity contribution in [1.29, 1.82) is 0 Å². The van der Waals surface area contributed by atoms with Crippen LogP contribution in [0.15, 0.2) is 12.2 Å². The van der Waals surface area contributed by atoms with Gasteiger partial charge in [0.05, 0.1) is 19.3 Å². The second-order valence-electron chi connectivity index (χ2n) is 11.6. The zero-order valence-electron chi connectivity index (χ0n) is 25.2. The molecule has 0 radical (unpaired) electrons. The predicted octanol–water partition coefficient (Wildman–Crippen LogP) is 0.728. The van der Waals surface area contributed by atoms with E-state index in [2.05, 4.69) is 12.2 Å². The average Bonchev–Trinajstić information content (AvgIpc) is 2.98. The highest BCUT2D eigenvalue weighted by molar-refractivity contribution is 5.66. The SMILES string of the molecule is C[C@@H](CCCCCC/C=C\CCCCCCCC(=O)O)O[C@@H]1O[C@H](CO)[C@H](O)[C@H](O)[C@H]1O[C@@H]1O[C@H](CO)[C@H](O)[C@H](O)[C@H]1O. The summed E-state index contributed by atoms with van der Waals surface area (Å²) in [6, 6.07) is 0. The number of allylic oxidation sites excluding steroid dienone is 2. The van der Waals surface area contributed by atoms with E-state index in [4.69, 9.17) is 24.1 Å². The molecule has 8 N–H and O–H groups in total. The Bertz CT molecular complexity index is 781. The molecule has 2 aliphatic rings. The Hall–Kier alpha value is -1.23. The van der Waals surface area contributed by atoms with Crippen molar-refractivity contribution in [2.24, 2.45) is 0 Å². The average molecular weight is 623 g/mol. The van der Waals surface area contributed by atoms with Crippen molar-refractivity contribution in [3.8, 4) is 0 Å². The lowest BCUT2D eigenvalue weighted by Gasteiger charge is -2.46.